The van der Waals surface area contributed by atoms with Crippen LogP contribution in [0.4, 0.5) is 11.4 Å². The van der Waals surface area contributed by atoms with Crippen LogP contribution in [-0.2, 0) is 0 Å². The number of halogens is 1. The highest BCUT2D eigenvalue weighted by atomic mass is 35.5. The number of aryl methyl sites for hydroxylation is 1. The normalized spacial score (nSPS) is 11.9. The predicted octanol–water partition coefficient (Wildman–Crippen LogP) is 4.12. The Kier molecular flexibility index (Phi) is 4.20. The molecule has 1 aromatic carbocycles. The van der Waals surface area contributed by atoms with Crippen molar-refractivity contribution < 1.29 is 4.92 Å². The molecular formula is C14H14ClN3O2. The fourth-order valence-corrected chi connectivity index (χ4v) is 2.10. The molecule has 1 atom stereocenters. The van der Waals surface area contributed by atoms with Gasteiger partial charge in [-0.1, -0.05) is 23.7 Å². The first-order chi connectivity index (χ1) is 9.47. The molecule has 20 heavy (non-hydrogen) atoms. The van der Waals surface area contributed by atoms with Gasteiger partial charge in [0.1, 0.15) is 5.15 Å². The molecule has 0 aliphatic heterocycles. The van der Waals surface area contributed by atoms with Crippen molar-refractivity contribution in [1.29, 1.82) is 0 Å². The number of non-ortho nitro benzene ring substituents is 1. The molecule has 0 spiro atoms. The molecular weight excluding hydrogens is 278 g/mol. The van der Waals surface area contributed by atoms with Crippen molar-refractivity contribution >= 4 is 23.0 Å². The topological polar surface area (TPSA) is 68.1 Å². The number of nitrogens with one attached hydrogen (secondary N) is 1. The van der Waals surface area contributed by atoms with Crippen molar-refractivity contribution in [3.63, 3.8) is 0 Å². The van der Waals surface area contributed by atoms with Crippen molar-refractivity contribution in [2.45, 2.75) is 19.9 Å². The summed E-state index contributed by atoms with van der Waals surface area (Å²) in [5.74, 6) is 0. The molecule has 0 radical (unpaired) electrons. The second-order valence-electron chi connectivity index (χ2n) is 4.49. The third-order valence-corrected chi connectivity index (χ3v) is 3.22. The maximum atomic E-state index is 10.8. The molecule has 1 aromatic heterocycles. The van der Waals surface area contributed by atoms with Gasteiger partial charge in [-0.15, -0.1) is 0 Å². The molecule has 0 saturated heterocycles. The summed E-state index contributed by atoms with van der Waals surface area (Å²) >= 11 is 5.81. The third-order valence-electron chi connectivity index (χ3n) is 3.00. The zero-order valence-corrected chi connectivity index (χ0v) is 11.9. The standard InChI is InChI=1S/C14H14ClN3O2/c1-9(11-4-3-5-12(8-11)18(19)20)16-13-6-7-14(15)17-10(13)2/h3-9,16H,1-2H3. The Morgan fingerprint density at radius 1 is 1.35 bits per heavy atom. The summed E-state index contributed by atoms with van der Waals surface area (Å²) in [4.78, 5) is 14.5. The van der Waals surface area contributed by atoms with Gasteiger partial charge in [-0.05, 0) is 31.5 Å². The van der Waals surface area contributed by atoms with E-state index in [0.29, 0.717) is 5.15 Å². The number of hydrogen-bond acceptors (Lipinski definition) is 4. The minimum atomic E-state index is -0.398. The number of aromatic nitrogens is 1. The lowest BCUT2D eigenvalue weighted by Crippen LogP contribution is -2.08. The number of nitrogens with zero attached hydrogens (tertiary/aromatic N) is 2. The Labute approximate surface area is 121 Å². The Balaban J connectivity index is 2.21. The Morgan fingerprint density at radius 3 is 2.75 bits per heavy atom. The Hall–Kier alpha value is -2.14. The van der Waals surface area contributed by atoms with Crippen LogP contribution in [0.15, 0.2) is 36.4 Å². The SMILES string of the molecule is Cc1nc(Cl)ccc1NC(C)c1cccc([N+](=O)[O-])c1. The van der Waals surface area contributed by atoms with Gasteiger partial charge < -0.3 is 5.32 Å². The quantitative estimate of drug-likeness (QED) is 0.522. The minimum Gasteiger partial charge on any atom is -0.377 e. The van der Waals surface area contributed by atoms with Crippen LogP contribution in [0.25, 0.3) is 0 Å². The number of nitro benzene ring substituents is 1. The molecule has 0 aliphatic rings. The molecule has 0 saturated carbocycles. The molecule has 0 bridgehead atoms. The van der Waals surface area contributed by atoms with E-state index in [1.807, 2.05) is 26.0 Å². The largest absolute Gasteiger partial charge is 0.377 e. The zero-order chi connectivity index (χ0) is 14.7. The van der Waals surface area contributed by atoms with E-state index in [-0.39, 0.29) is 11.7 Å². The lowest BCUT2D eigenvalue weighted by Gasteiger charge is -2.17. The predicted molar refractivity (Wildman–Crippen MR) is 79.1 cm³/mol. The van der Waals surface area contributed by atoms with Gasteiger partial charge in [-0.2, -0.15) is 0 Å². The third kappa shape index (κ3) is 3.24. The highest BCUT2D eigenvalue weighted by Gasteiger charge is 2.12. The average Bonchev–Trinajstić information content (AvgIpc) is 2.42. The van der Waals surface area contributed by atoms with Gasteiger partial charge in [-0.3, -0.25) is 10.1 Å². The van der Waals surface area contributed by atoms with Crippen LogP contribution in [0.2, 0.25) is 5.15 Å². The smallest absolute Gasteiger partial charge is 0.269 e. The van der Waals surface area contributed by atoms with Crippen LogP contribution in [0.1, 0.15) is 24.2 Å². The van der Waals surface area contributed by atoms with E-state index in [4.69, 9.17) is 11.6 Å². The molecule has 6 heteroatoms. The number of hydrogen-bond donors (Lipinski definition) is 1. The van der Waals surface area contributed by atoms with E-state index in [2.05, 4.69) is 10.3 Å². The molecule has 0 amide bonds. The summed E-state index contributed by atoms with van der Waals surface area (Å²) in [6, 6.07) is 10.1. The summed E-state index contributed by atoms with van der Waals surface area (Å²) in [5.41, 5.74) is 2.57. The summed E-state index contributed by atoms with van der Waals surface area (Å²) in [5, 5.41) is 14.5. The van der Waals surface area contributed by atoms with Gasteiger partial charge >= 0.3 is 0 Å². The van der Waals surface area contributed by atoms with Gasteiger partial charge in [0, 0.05) is 18.2 Å². The molecule has 0 aliphatic carbocycles. The monoisotopic (exact) mass is 291 g/mol. The molecule has 0 fully saturated rings. The second kappa shape index (κ2) is 5.88. The van der Waals surface area contributed by atoms with Crippen LogP contribution < -0.4 is 5.32 Å². The summed E-state index contributed by atoms with van der Waals surface area (Å²) in [6.07, 6.45) is 0. The maximum absolute atomic E-state index is 10.8. The van der Waals surface area contributed by atoms with Crippen molar-refractivity contribution in [3.05, 3.63) is 62.9 Å². The summed E-state index contributed by atoms with van der Waals surface area (Å²) in [7, 11) is 0. The van der Waals surface area contributed by atoms with E-state index in [1.165, 1.54) is 6.07 Å². The molecule has 2 rings (SSSR count). The molecule has 2 aromatic rings. The van der Waals surface area contributed by atoms with E-state index < -0.39 is 4.92 Å². The van der Waals surface area contributed by atoms with Crippen molar-refractivity contribution in [1.82, 2.24) is 4.98 Å². The first-order valence-corrected chi connectivity index (χ1v) is 6.49. The fourth-order valence-electron chi connectivity index (χ4n) is 1.91. The number of rotatable bonds is 4. The summed E-state index contributed by atoms with van der Waals surface area (Å²) in [6.45, 7) is 3.79. The first-order valence-electron chi connectivity index (χ1n) is 6.11. The van der Waals surface area contributed by atoms with Gasteiger partial charge in [0.15, 0.2) is 0 Å². The van der Waals surface area contributed by atoms with Crippen LogP contribution in [0.5, 0.6) is 0 Å². The molecule has 104 valence electrons. The highest BCUT2D eigenvalue weighted by molar-refractivity contribution is 6.29. The molecule has 1 heterocycles. The highest BCUT2D eigenvalue weighted by Crippen LogP contribution is 2.24. The second-order valence-corrected chi connectivity index (χ2v) is 4.87. The number of benzene rings is 1. The van der Waals surface area contributed by atoms with E-state index in [9.17, 15) is 10.1 Å². The molecule has 1 N–H and O–H groups in total. The van der Waals surface area contributed by atoms with Gasteiger partial charge in [0.25, 0.3) is 5.69 Å². The number of pyridine rings is 1. The minimum absolute atomic E-state index is 0.0726. The number of anilines is 1. The molecule has 5 nitrogen and oxygen atoms in total. The van der Waals surface area contributed by atoms with Crippen molar-refractivity contribution in [2.75, 3.05) is 5.32 Å². The van der Waals surface area contributed by atoms with Crippen molar-refractivity contribution in [3.8, 4) is 0 Å². The van der Waals surface area contributed by atoms with Crippen LogP contribution in [-0.4, -0.2) is 9.91 Å². The zero-order valence-electron chi connectivity index (χ0n) is 11.1. The Morgan fingerprint density at radius 2 is 2.10 bits per heavy atom. The van der Waals surface area contributed by atoms with Gasteiger partial charge in [0.2, 0.25) is 0 Å². The van der Waals surface area contributed by atoms with Crippen LogP contribution in [0.3, 0.4) is 0 Å². The fraction of sp³-hybridized carbons (Fsp3) is 0.214. The van der Waals surface area contributed by atoms with Gasteiger partial charge in [-0.25, -0.2) is 4.98 Å². The lowest BCUT2D eigenvalue weighted by atomic mass is 10.1. The lowest BCUT2D eigenvalue weighted by molar-refractivity contribution is -0.384. The van der Waals surface area contributed by atoms with Crippen LogP contribution in [0, 0.1) is 17.0 Å². The van der Waals surface area contributed by atoms with E-state index >= 15 is 0 Å². The van der Waals surface area contributed by atoms with E-state index in [1.54, 1.807) is 18.2 Å². The van der Waals surface area contributed by atoms with E-state index in [0.717, 1.165) is 16.9 Å². The van der Waals surface area contributed by atoms with Crippen molar-refractivity contribution in [2.24, 2.45) is 0 Å². The first kappa shape index (κ1) is 14.3. The summed E-state index contributed by atoms with van der Waals surface area (Å²) < 4.78 is 0. The van der Waals surface area contributed by atoms with Gasteiger partial charge in [0.05, 0.1) is 16.3 Å². The molecule has 1 unspecified atom stereocenters. The van der Waals surface area contributed by atoms with Crippen LogP contribution >= 0.6 is 11.6 Å². The number of nitro groups is 1. The Bertz CT molecular complexity index is 646. The maximum Gasteiger partial charge on any atom is 0.269 e. The average molecular weight is 292 g/mol.